The Kier molecular flexibility index (Phi) is 6.60. The van der Waals surface area contributed by atoms with E-state index in [9.17, 15) is 29.4 Å². The second kappa shape index (κ2) is 8.69. The molecule has 1 aliphatic heterocycles. The first-order valence-corrected chi connectivity index (χ1v) is 10.7. The molecule has 2 aromatic heterocycles. The van der Waals surface area contributed by atoms with Gasteiger partial charge in [-0.3, -0.25) is 13.9 Å². The number of ether oxygens (including phenoxy) is 2. The Balaban J connectivity index is 1.79. The number of fused-ring (bicyclic) bond motifs is 1. The summed E-state index contributed by atoms with van der Waals surface area (Å²) in [5.41, 5.74) is 6.07. The topological polar surface area (TPSA) is 215 Å². The lowest BCUT2D eigenvalue weighted by atomic mass is 10.1. The lowest BCUT2D eigenvalue weighted by Gasteiger charge is -2.21. The maximum absolute atomic E-state index is 11.9. The van der Waals surface area contributed by atoms with E-state index < -0.39 is 50.5 Å². The van der Waals surface area contributed by atoms with Gasteiger partial charge in [-0.05, 0) is 18.5 Å². The number of hydrogen-bond acceptors (Lipinski definition) is 10. The van der Waals surface area contributed by atoms with Crippen molar-refractivity contribution in [2.75, 3.05) is 18.9 Å². The molecule has 5 atom stereocenters. The normalized spacial score (nSPS) is 25.5. The standard InChI is InChI=1S/C14H20ClN6O8P/c1-2-17-11(24)13(30(25,26)27)28-3-5-7(22)8(23)12(29-5)21-4-18-6-9(16)19-14(15)20-10(6)21/h4-5,7-8,12-13,22-23H,2-3H2,1H3,(H,17,24)(H2,16,19,20)(H2,25,26,27)/t5-,7-,8-,12-,13+/m1/s1. The van der Waals surface area contributed by atoms with Crippen molar-refractivity contribution in [2.24, 2.45) is 0 Å². The van der Waals surface area contributed by atoms with E-state index in [1.165, 1.54) is 10.9 Å². The molecule has 2 aromatic rings. The van der Waals surface area contributed by atoms with Crippen molar-refractivity contribution in [3.8, 4) is 0 Å². The van der Waals surface area contributed by atoms with Crippen LogP contribution in [-0.2, 0) is 18.8 Å². The molecule has 14 nitrogen and oxygen atoms in total. The Morgan fingerprint density at radius 3 is 2.77 bits per heavy atom. The molecule has 7 N–H and O–H groups in total. The van der Waals surface area contributed by atoms with Crippen LogP contribution in [0.3, 0.4) is 0 Å². The van der Waals surface area contributed by atoms with Crippen LogP contribution in [0.4, 0.5) is 5.82 Å². The SMILES string of the molecule is CCNC(=O)[C@@H](OC[C@H]1O[C@@H](n2cnc3c(N)nc(Cl)nc32)[C@H](O)[C@@H]1O)P(=O)(O)O. The molecule has 0 saturated carbocycles. The molecule has 0 radical (unpaired) electrons. The van der Waals surface area contributed by atoms with Crippen LogP contribution in [0.15, 0.2) is 6.33 Å². The number of aromatic nitrogens is 4. The van der Waals surface area contributed by atoms with Crippen LogP contribution >= 0.6 is 19.2 Å². The third-order valence-electron chi connectivity index (χ3n) is 4.33. The van der Waals surface area contributed by atoms with E-state index in [2.05, 4.69) is 20.3 Å². The second-order valence-corrected chi connectivity index (χ2v) is 8.40. The van der Waals surface area contributed by atoms with E-state index >= 15 is 0 Å². The van der Waals surface area contributed by atoms with Gasteiger partial charge in [0.1, 0.15) is 23.8 Å². The second-order valence-electron chi connectivity index (χ2n) is 6.42. The Hall–Kier alpha value is -1.90. The zero-order chi connectivity index (χ0) is 22.2. The summed E-state index contributed by atoms with van der Waals surface area (Å²) in [6.07, 6.45) is -4.15. The Bertz CT molecular complexity index is 985. The van der Waals surface area contributed by atoms with Gasteiger partial charge in [-0.25, -0.2) is 4.98 Å². The highest BCUT2D eigenvalue weighted by Crippen LogP contribution is 2.42. The monoisotopic (exact) mass is 466 g/mol. The maximum atomic E-state index is 11.9. The third-order valence-corrected chi connectivity index (χ3v) is 5.50. The quantitative estimate of drug-likeness (QED) is 0.199. The molecule has 30 heavy (non-hydrogen) atoms. The van der Waals surface area contributed by atoms with E-state index in [-0.39, 0.29) is 28.8 Å². The highest BCUT2D eigenvalue weighted by atomic mass is 35.5. The summed E-state index contributed by atoms with van der Waals surface area (Å²) in [6.45, 7) is 1.10. The smallest absolute Gasteiger partial charge is 0.363 e. The number of likely N-dealkylation sites (N-methyl/N-ethyl adjacent to an activating group) is 1. The number of aliphatic hydroxyl groups excluding tert-OH is 2. The van der Waals surface area contributed by atoms with Gasteiger partial charge in [-0.2, -0.15) is 9.97 Å². The zero-order valence-corrected chi connectivity index (χ0v) is 17.1. The van der Waals surface area contributed by atoms with E-state index in [4.69, 9.17) is 26.8 Å². The van der Waals surface area contributed by atoms with Gasteiger partial charge in [0.05, 0.1) is 12.9 Å². The first-order chi connectivity index (χ1) is 14.0. The first-order valence-electron chi connectivity index (χ1n) is 8.66. The van der Waals surface area contributed by atoms with Crippen molar-refractivity contribution >= 4 is 42.1 Å². The fraction of sp³-hybridized carbons (Fsp3) is 0.571. The summed E-state index contributed by atoms with van der Waals surface area (Å²) in [5.74, 6) is -3.11. The Morgan fingerprint density at radius 1 is 1.43 bits per heavy atom. The fourth-order valence-corrected chi connectivity index (χ4v) is 3.81. The number of carbonyl (C=O) groups is 1. The number of hydrogen-bond donors (Lipinski definition) is 6. The van der Waals surface area contributed by atoms with E-state index in [0.29, 0.717) is 0 Å². The van der Waals surface area contributed by atoms with Crippen LogP contribution in [0.25, 0.3) is 11.2 Å². The van der Waals surface area contributed by atoms with Crippen LogP contribution in [0.2, 0.25) is 5.28 Å². The van der Waals surface area contributed by atoms with E-state index in [1.807, 2.05) is 0 Å². The minimum absolute atomic E-state index is 0.00286. The van der Waals surface area contributed by atoms with Gasteiger partial charge in [0.25, 0.3) is 5.91 Å². The van der Waals surface area contributed by atoms with Gasteiger partial charge in [-0.15, -0.1) is 0 Å². The van der Waals surface area contributed by atoms with Gasteiger partial charge in [-0.1, -0.05) is 0 Å². The lowest BCUT2D eigenvalue weighted by molar-refractivity contribution is -0.132. The molecular formula is C14H20ClN6O8P. The van der Waals surface area contributed by atoms with Crippen molar-refractivity contribution < 1.29 is 38.8 Å². The molecule has 3 heterocycles. The van der Waals surface area contributed by atoms with Crippen molar-refractivity contribution in [3.05, 3.63) is 11.6 Å². The first kappa shape index (κ1) is 22.8. The summed E-state index contributed by atoms with van der Waals surface area (Å²) < 4.78 is 23.5. The molecule has 0 aromatic carbocycles. The molecule has 16 heteroatoms. The average Bonchev–Trinajstić information content (AvgIpc) is 3.17. The van der Waals surface area contributed by atoms with E-state index in [0.717, 1.165) is 0 Å². The number of amides is 1. The minimum atomic E-state index is -4.96. The maximum Gasteiger partial charge on any atom is 0.363 e. The number of imidazole rings is 1. The van der Waals surface area contributed by atoms with Crippen LogP contribution in [-0.4, -0.2) is 82.7 Å². The molecule has 0 aliphatic carbocycles. The number of nitrogen functional groups attached to an aromatic ring is 1. The predicted molar refractivity (Wildman–Crippen MR) is 101 cm³/mol. The molecule has 1 saturated heterocycles. The minimum Gasteiger partial charge on any atom is -0.387 e. The predicted octanol–water partition coefficient (Wildman–Crippen LogP) is -1.66. The number of aliphatic hydroxyl groups is 2. The van der Waals surface area contributed by atoms with Gasteiger partial charge < -0.3 is 40.5 Å². The van der Waals surface area contributed by atoms with Crippen molar-refractivity contribution in [3.63, 3.8) is 0 Å². The Labute approximate surface area is 174 Å². The molecule has 0 bridgehead atoms. The van der Waals surface area contributed by atoms with Gasteiger partial charge in [0.15, 0.2) is 17.7 Å². The number of carbonyl (C=O) groups excluding carboxylic acids is 1. The van der Waals surface area contributed by atoms with Crippen LogP contribution in [0, 0.1) is 0 Å². The summed E-state index contributed by atoms with van der Waals surface area (Å²) in [6, 6.07) is 0. The van der Waals surface area contributed by atoms with Crippen molar-refractivity contribution in [1.29, 1.82) is 0 Å². The largest absolute Gasteiger partial charge is 0.387 e. The molecule has 1 aliphatic rings. The van der Waals surface area contributed by atoms with Crippen molar-refractivity contribution in [1.82, 2.24) is 24.8 Å². The molecule has 1 amide bonds. The molecular weight excluding hydrogens is 447 g/mol. The summed E-state index contributed by atoms with van der Waals surface area (Å²) >= 11 is 5.81. The summed E-state index contributed by atoms with van der Waals surface area (Å²) in [5, 5.41) is 22.8. The van der Waals surface area contributed by atoms with Crippen molar-refractivity contribution in [2.45, 2.75) is 37.3 Å². The highest BCUT2D eigenvalue weighted by molar-refractivity contribution is 7.53. The lowest BCUT2D eigenvalue weighted by Crippen LogP contribution is -2.40. The van der Waals surface area contributed by atoms with Crippen LogP contribution in [0.5, 0.6) is 0 Å². The van der Waals surface area contributed by atoms with Gasteiger partial charge in [0, 0.05) is 6.54 Å². The molecule has 1 fully saturated rings. The number of nitrogens with two attached hydrogens (primary N) is 1. The van der Waals surface area contributed by atoms with Crippen LogP contribution < -0.4 is 11.1 Å². The van der Waals surface area contributed by atoms with Gasteiger partial charge >= 0.3 is 7.60 Å². The average molecular weight is 467 g/mol. The molecule has 166 valence electrons. The molecule has 3 rings (SSSR count). The number of halogens is 1. The highest BCUT2D eigenvalue weighted by Gasteiger charge is 2.46. The number of anilines is 1. The fourth-order valence-electron chi connectivity index (χ4n) is 2.97. The summed E-state index contributed by atoms with van der Waals surface area (Å²) in [7, 11) is -4.96. The molecule has 0 spiro atoms. The van der Waals surface area contributed by atoms with E-state index in [1.54, 1.807) is 6.92 Å². The van der Waals surface area contributed by atoms with Crippen LogP contribution in [0.1, 0.15) is 13.2 Å². The number of nitrogens with zero attached hydrogens (tertiary/aromatic N) is 4. The molecule has 0 unspecified atom stereocenters. The number of rotatable bonds is 7. The third kappa shape index (κ3) is 4.40. The number of nitrogens with one attached hydrogen (secondary N) is 1. The van der Waals surface area contributed by atoms with Gasteiger partial charge in [0.2, 0.25) is 11.1 Å². The zero-order valence-electron chi connectivity index (χ0n) is 15.5. The summed E-state index contributed by atoms with van der Waals surface area (Å²) in [4.78, 5) is 42.4. The Morgan fingerprint density at radius 2 is 2.13 bits per heavy atom.